The Morgan fingerprint density at radius 2 is 2.23 bits per heavy atom. The Kier molecular flexibility index (Phi) is 7.09. The lowest BCUT2D eigenvalue weighted by molar-refractivity contribution is -0.145. The van der Waals surface area contributed by atoms with Crippen LogP contribution in [0.5, 0.6) is 0 Å². The molecule has 1 N–H and O–H groups in total. The number of ether oxygens (including phenoxy) is 1. The van der Waals surface area contributed by atoms with Gasteiger partial charge in [0.15, 0.2) is 0 Å². The number of rotatable bonds is 7. The molecule has 0 heterocycles. The maximum atomic E-state index is 10.7. The lowest BCUT2D eigenvalue weighted by Gasteiger charge is -2.18. The first-order chi connectivity index (χ1) is 6.13. The summed E-state index contributed by atoms with van der Waals surface area (Å²) in [6.45, 7) is 4.49. The summed E-state index contributed by atoms with van der Waals surface area (Å²) in [5, 5.41) is 8.77. The SMILES string of the molecule is CCCCOC(C)C(CS)C(=O)O. The lowest BCUT2D eigenvalue weighted by Crippen LogP contribution is -2.30. The van der Waals surface area contributed by atoms with Crippen molar-refractivity contribution in [1.82, 2.24) is 0 Å². The van der Waals surface area contributed by atoms with Gasteiger partial charge in [0.25, 0.3) is 0 Å². The van der Waals surface area contributed by atoms with Crippen LogP contribution in [0.2, 0.25) is 0 Å². The average molecular weight is 206 g/mol. The van der Waals surface area contributed by atoms with Crippen molar-refractivity contribution in [3.8, 4) is 0 Å². The maximum absolute atomic E-state index is 10.7. The minimum absolute atomic E-state index is 0.249. The Morgan fingerprint density at radius 3 is 2.62 bits per heavy atom. The van der Waals surface area contributed by atoms with Gasteiger partial charge in [0.2, 0.25) is 0 Å². The second kappa shape index (κ2) is 7.21. The van der Waals surface area contributed by atoms with Crippen molar-refractivity contribution in [2.45, 2.75) is 32.8 Å². The first-order valence-electron chi connectivity index (χ1n) is 4.58. The van der Waals surface area contributed by atoms with E-state index in [0.717, 1.165) is 12.8 Å². The van der Waals surface area contributed by atoms with Crippen molar-refractivity contribution >= 4 is 18.6 Å². The first-order valence-corrected chi connectivity index (χ1v) is 5.22. The molecule has 0 radical (unpaired) electrons. The van der Waals surface area contributed by atoms with Crippen molar-refractivity contribution in [2.75, 3.05) is 12.4 Å². The number of carbonyl (C=O) groups is 1. The molecule has 0 aliphatic rings. The molecule has 13 heavy (non-hydrogen) atoms. The first kappa shape index (κ1) is 12.8. The van der Waals surface area contributed by atoms with E-state index in [4.69, 9.17) is 9.84 Å². The topological polar surface area (TPSA) is 46.5 Å². The fourth-order valence-electron chi connectivity index (χ4n) is 0.957. The molecule has 3 nitrogen and oxygen atoms in total. The number of carboxylic acid groups (broad SMARTS) is 1. The number of hydrogen-bond acceptors (Lipinski definition) is 3. The van der Waals surface area contributed by atoms with Gasteiger partial charge in [-0.1, -0.05) is 13.3 Å². The van der Waals surface area contributed by atoms with Crippen LogP contribution < -0.4 is 0 Å². The van der Waals surface area contributed by atoms with E-state index in [1.165, 1.54) is 0 Å². The number of aliphatic carboxylic acids is 1. The molecule has 0 amide bonds. The standard InChI is InChI=1S/C9H18O3S/c1-3-4-5-12-7(2)8(6-13)9(10)11/h7-8,13H,3-6H2,1-2H3,(H,10,11). The molecule has 0 aliphatic carbocycles. The smallest absolute Gasteiger partial charge is 0.309 e. The molecule has 0 aliphatic heterocycles. The number of hydrogen-bond donors (Lipinski definition) is 2. The molecule has 0 saturated heterocycles. The Hall–Kier alpha value is -0.220. The molecule has 0 fully saturated rings. The molecule has 4 heteroatoms. The van der Waals surface area contributed by atoms with Crippen LogP contribution in [0, 0.1) is 5.92 Å². The van der Waals surface area contributed by atoms with Gasteiger partial charge >= 0.3 is 5.97 Å². The molecular weight excluding hydrogens is 188 g/mol. The summed E-state index contributed by atoms with van der Waals surface area (Å²) < 4.78 is 5.37. The third-order valence-corrected chi connectivity index (χ3v) is 2.35. The van der Waals surface area contributed by atoms with Crippen molar-refractivity contribution in [1.29, 1.82) is 0 Å². The van der Waals surface area contributed by atoms with E-state index in [2.05, 4.69) is 19.6 Å². The summed E-state index contributed by atoms with van der Waals surface area (Å²) in [4.78, 5) is 10.7. The Balaban J connectivity index is 3.77. The molecule has 0 saturated carbocycles. The van der Waals surface area contributed by atoms with Crippen LogP contribution in [-0.4, -0.2) is 29.5 Å². The maximum Gasteiger partial charge on any atom is 0.309 e. The van der Waals surface area contributed by atoms with Crippen LogP contribution in [0.3, 0.4) is 0 Å². The van der Waals surface area contributed by atoms with Gasteiger partial charge in [0, 0.05) is 12.4 Å². The third-order valence-electron chi connectivity index (χ3n) is 1.96. The second-order valence-corrected chi connectivity index (χ2v) is 3.42. The van der Waals surface area contributed by atoms with Crippen LogP contribution >= 0.6 is 12.6 Å². The summed E-state index contributed by atoms with van der Waals surface area (Å²) in [7, 11) is 0. The summed E-state index contributed by atoms with van der Waals surface area (Å²) in [5.41, 5.74) is 0. The molecule has 2 atom stereocenters. The summed E-state index contributed by atoms with van der Waals surface area (Å²) >= 11 is 3.98. The molecular formula is C9H18O3S. The molecule has 0 aromatic carbocycles. The van der Waals surface area contributed by atoms with E-state index >= 15 is 0 Å². The fourth-order valence-corrected chi connectivity index (χ4v) is 1.41. The molecule has 0 bridgehead atoms. The van der Waals surface area contributed by atoms with Crippen LogP contribution in [0.4, 0.5) is 0 Å². The zero-order chi connectivity index (χ0) is 10.3. The summed E-state index contributed by atoms with van der Waals surface area (Å²) in [6, 6.07) is 0. The van der Waals surface area contributed by atoms with E-state index in [-0.39, 0.29) is 6.10 Å². The van der Waals surface area contributed by atoms with E-state index in [0.29, 0.717) is 12.4 Å². The zero-order valence-electron chi connectivity index (χ0n) is 8.19. The third kappa shape index (κ3) is 5.16. The fraction of sp³-hybridized carbons (Fsp3) is 0.889. The predicted molar refractivity (Wildman–Crippen MR) is 55.3 cm³/mol. The quantitative estimate of drug-likeness (QED) is 0.493. The number of unbranched alkanes of at least 4 members (excludes halogenated alkanes) is 1. The van der Waals surface area contributed by atoms with Gasteiger partial charge in [0.1, 0.15) is 0 Å². The monoisotopic (exact) mass is 206 g/mol. The largest absolute Gasteiger partial charge is 0.481 e. The number of thiol groups is 1. The summed E-state index contributed by atoms with van der Waals surface area (Å²) in [6.07, 6.45) is 1.79. The predicted octanol–water partition coefficient (Wildman–Crippen LogP) is 1.82. The minimum atomic E-state index is -0.834. The van der Waals surface area contributed by atoms with Gasteiger partial charge in [0.05, 0.1) is 12.0 Å². The molecule has 2 unspecified atom stereocenters. The van der Waals surface area contributed by atoms with Crippen LogP contribution in [0.1, 0.15) is 26.7 Å². The highest BCUT2D eigenvalue weighted by molar-refractivity contribution is 7.80. The Bertz CT molecular complexity index is 150. The van der Waals surface area contributed by atoms with Gasteiger partial charge in [-0.2, -0.15) is 12.6 Å². The second-order valence-electron chi connectivity index (χ2n) is 3.06. The van der Waals surface area contributed by atoms with E-state index in [9.17, 15) is 4.79 Å². The van der Waals surface area contributed by atoms with Crippen molar-refractivity contribution in [3.63, 3.8) is 0 Å². The molecule has 78 valence electrons. The Morgan fingerprint density at radius 1 is 1.62 bits per heavy atom. The van der Waals surface area contributed by atoms with Gasteiger partial charge in [-0.25, -0.2) is 0 Å². The molecule has 0 aromatic rings. The van der Waals surface area contributed by atoms with Crippen molar-refractivity contribution in [3.05, 3.63) is 0 Å². The van der Waals surface area contributed by atoms with Gasteiger partial charge < -0.3 is 9.84 Å². The van der Waals surface area contributed by atoms with Crippen LogP contribution in [-0.2, 0) is 9.53 Å². The van der Waals surface area contributed by atoms with Crippen LogP contribution in [0.15, 0.2) is 0 Å². The van der Waals surface area contributed by atoms with E-state index in [1.54, 1.807) is 6.92 Å². The van der Waals surface area contributed by atoms with E-state index in [1.807, 2.05) is 0 Å². The zero-order valence-corrected chi connectivity index (χ0v) is 9.09. The van der Waals surface area contributed by atoms with Crippen LogP contribution in [0.25, 0.3) is 0 Å². The lowest BCUT2D eigenvalue weighted by atomic mass is 10.1. The number of carboxylic acids is 1. The normalized spacial score (nSPS) is 15.3. The minimum Gasteiger partial charge on any atom is -0.481 e. The Labute approximate surface area is 84.9 Å². The van der Waals surface area contributed by atoms with Gasteiger partial charge in [-0.05, 0) is 13.3 Å². The highest BCUT2D eigenvalue weighted by atomic mass is 32.1. The highest BCUT2D eigenvalue weighted by Crippen LogP contribution is 2.10. The van der Waals surface area contributed by atoms with Crippen molar-refractivity contribution < 1.29 is 14.6 Å². The molecule has 0 aromatic heterocycles. The molecule has 0 spiro atoms. The van der Waals surface area contributed by atoms with Gasteiger partial charge in [-0.15, -0.1) is 0 Å². The van der Waals surface area contributed by atoms with Gasteiger partial charge in [-0.3, -0.25) is 4.79 Å². The summed E-state index contributed by atoms with van der Waals surface area (Å²) in [5.74, 6) is -1.01. The highest BCUT2D eigenvalue weighted by Gasteiger charge is 2.23. The van der Waals surface area contributed by atoms with E-state index < -0.39 is 11.9 Å². The molecule has 0 rings (SSSR count). The van der Waals surface area contributed by atoms with Crippen molar-refractivity contribution in [2.24, 2.45) is 5.92 Å². The average Bonchev–Trinajstić information content (AvgIpc) is 2.05.